The highest BCUT2D eigenvalue weighted by atomic mass is 16.5. The van der Waals surface area contributed by atoms with Crippen LogP contribution in [-0.4, -0.2) is 38.7 Å². The average molecular weight is 460 g/mol. The molecule has 3 aromatic rings. The first kappa shape index (κ1) is 23.4. The fourth-order valence-electron chi connectivity index (χ4n) is 4.29. The number of carbonyl (C=O) groups excluding carboxylic acids is 2. The number of esters is 1. The van der Waals surface area contributed by atoms with E-state index in [9.17, 15) is 9.59 Å². The monoisotopic (exact) mass is 459 g/mol. The van der Waals surface area contributed by atoms with Crippen LogP contribution < -0.4 is 14.4 Å². The summed E-state index contributed by atoms with van der Waals surface area (Å²) in [5, 5.41) is 0. The summed E-state index contributed by atoms with van der Waals surface area (Å²) < 4.78 is 16.5. The lowest BCUT2D eigenvalue weighted by atomic mass is 9.98. The van der Waals surface area contributed by atoms with E-state index in [1.165, 1.54) is 7.11 Å². The smallest absolute Gasteiger partial charge is 0.337 e. The van der Waals surface area contributed by atoms with E-state index in [0.29, 0.717) is 36.4 Å². The van der Waals surface area contributed by atoms with Crippen molar-refractivity contribution in [2.75, 3.05) is 25.7 Å². The molecular weight excluding hydrogens is 430 g/mol. The predicted octanol–water partition coefficient (Wildman–Crippen LogP) is 5.01. The number of fused-ring (bicyclic) bond motifs is 1. The topological polar surface area (TPSA) is 65.1 Å². The second kappa shape index (κ2) is 10.4. The standard InChI is InChI=1S/C28H29NO5/c1-19(20-8-5-4-6-9-20)27(30)29-18-25(34-24-11-7-10-23(17-24)32-2)14-12-21-16-22(28(31)33-3)13-15-26(21)29/h4-11,13,15-17,19,25H,12,14,18H2,1-3H3. The normalized spacial score (nSPS) is 16.1. The number of carbonyl (C=O) groups is 2. The Morgan fingerprint density at radius 3 is 2.44 bits per heavy atom. The number of benzene rings is 3. The molecule has 34 heavy (non-hydrogen) atoms. The molecule has 4 rings (SSSR count). The Hall–Kier alpha value is -3.80. The number of ether oxygens (including phenoxy) is 3. The average Bonchev–Trinajstić information content (AvgIpc) is 3.07. The van der Waals surface area contributed by atoms with Gasteiger partial charge in [0.05, 0.1) is 32.2 Å². The molecule has 0 saturated carbocycles. The van der Waals surface area contributed by atoms with Crippen molar-refractivity contribution in [1.29, 1.82) is 0 Å². The van der Waals surface area contributed by atoms with Crippen LogP contribution in [0.3, 0.4) is 0 Å². The maximum absolute atomic E-state index is 13.7. The third-order valence-electron chi connectivity index (χ3n) is 6.19. The Bertz CT molecular complexity index is 1160. The largest absolute Gasteiger partial charge is 0.497 e. The molecule has 1 amide bonds. The molecule has 0 N–H and O–H groups in total. The summed E-state index contributed by atoms with van der Waals surface area (Å²) in [5.74, 6) is 0.660. The first-order chi connectivity index (χ1) is 16.5. The summed E-state index contributed by atoms with van der Waals surface area (Å²) in [6.45, 7) is 2.32. The summed E-state index contributed by atoms with van der Waals surface area (Å²) >= 11 is 0. The van der Waals surface area contributed by atoms with Crippen molar-refractivity contribution in [3.63, 3.8) is 0 Å². The van der Waals surface area contributed by atoms with E-state index < -0.39 is 5.97 Å². The van der Waals surface area contributed by atoms with Gasteiger partial charge in [0.2, 0.25) is 5.91 Å². The van der Waals surface area contributed by atoms with Crippen LogP contribution in [0.1, 0.15) is 40.7 Å². The lowest BCUT2D eigenvalue weighted by molar-refractivity contribution is -0.120. The van der Waals surface area contributed by atoms with Gasteiger partial charge < -0.3 is 19.1 Å². The van der Waals surface area contributed by atoms with Crippen molar-refractivity contribution >= 4 is 17.6 Å². The summed E-state index contributed by atoms with van der Waals surface area (Å²) in [7, 11) is 2.98. The van der Waals surface area contributed by atoms with E-state index in [2.05, 4.69) is 0 Å². The molecule has 0 fully saturated rings. The van der Waals surface area contributed by atoms with Gasteiger partial charge >= 0.3 is 5.97 Å². The molecule has 0 bridgehead atoms. The number of amides is 1. The van der Waals surface area contributed by atoms with E-state index in [1.807, 2.05) is 73.7 Å². The molecule has 2 unspecified atom stereocenters. The molecule has 6 nitrogen and oxygen atoms in total. The fourth-order valence-corrected chi connectivity index (χ4v) is 4.29. The third kappa shape index (κ3) is 5.06. The Balaban J connectivity index is 1.67. The number of hydrogen-bond donors (Lipinski definition) is 0. The van der Waals surface area contributed by atoms with Crippen LogP contribution in [-0.2, 0) is 16.0 Å². The summed E-state index contributed by atoms with van der Waals surface area (Å²) in [4.78, 5) is 27.7. The maximum atomic E-state index is 13.7. The number of hydrogen-bond acceptors (Lipinski definition) is 5. The molecule has 0 spiro atoms. The number of anilines is 1. The van der Waals surface area contributed by atoms with E-state index >= 15 is 0 Å². The van der Waals surface area contributed by atoms with Crippen LogP contribution in [0.4, 0.5) is 5.69 Å². The van der Waals surface area contributed by atoms with Gasteiger partial charge in [-0.15, -0.1) is 0 Å². The van der Waals surface area contributed by atoms with Gasteiger partial charge in [-0.3, -0.25) is 4.79 Å². The highest BCUT2D eigenvalue weighted by Gasteiger charge is 2.31. The number of nitrogens with zero attached hydrogens (tertiary/aromatic N) is 1. The van der Waals surface area contributed by atoms with Gasteiger partial charge in [0.1, 0.15) is 17.6 Å². The van der Waals surface area contributed by atoms with Gasteiger partial charge in [-0.25, -0.2) is 4.79 Å². The highest BCUT2D eigenvalue weighted by Crippen LogP contribution is 2.32. The Morgan fingerprint density at radius 2 is 1.71 bits per heavy atom. The minimum Gasteiger partial charge on any atom is -0.497 e. The molecule has 1 heterocycles. The molecular formula is C28H29NO5. The molecule has 1 aliphatic heterocycles. The highest BCUT2D eigenvalue weighted by molar-refractivity contribution is 5.99. The van der Waals surface area contributed by atoms with Gasteiger partial charge in [0.25, 0.3) is 0 Å². The molecule has 2 atom stereocenters. The Labute approximate surface area is 200 Å². The quantitative estimate of drug-likeness (QED) is 0.485. The third-order valence-corrected chi connectivity index (χ3v) is 6.19. The molecule has 176 valence electrons. The van der Waals surface area contributed by atoms with Crippen LogP contribution in [0, 0.1) is 0 Å². The lowest BCUT2D eigenvalue weighted by Crippen LogP contribution is -2.41. The van der Waals surface area contributed by atoms with Crippen LogP contribution >= 0.6 is 0 Å². The van der Waals surface area contributed by atoms with Gasteiger partial charge in [-0.05, 0) is 61.2 Å². The van der Waals surface area contributed by atoms with E-state index in [4.69, 9.17) is 14.2 Å². The lowest BCUT2D eigenvalue weighted by Gasteiger charge is -2.29. The fraction of sp³-hybridized carbons (Fsp3) is 0.286. The minimum atomic E-state index is -0.397. The maximum Gasteiger partial charge on any atom is 0.337 e. The minimum absolute atomic E-state index is 0.0144. The van der Waals surface area contributed by atoms with Gasteiger partial charge in [0.15, 0.2) is 0 Å². The molecule has 0 saturated heterocycles. The zero-order chi connectivity index (χ0) is 24.1. The summed E-state index contributed by atoms with van der Waals surface area (Å²) in [6.07, 6.45) is 1.13. The van der Waals surface area contributed by atoms with Crippen molar-refractivity contribution in [2.45, 2.75) is 31.8 Å². The van der Waals surface area contributed by atoms with Crippen LogP contribution in [0.25, 0.3) is 0 Å². The first-order valence-corrected chi connectivity index (χ1v) is 11.4. The first-order valence-electron chi connectivity index (χ1n) is 11.4. The Kier molecular flexibility index (Phi) is 7.16. The molecule has 0 radical (unpaired) electrons. The van der Waals surface area contributed by atoms with Crippen LogP contribution in [0.5, 0.6) is 11.5 Å². The van der Waals surface area contributed by atoms with Crippen molar-refractivity contribution in [2.24, 2.45) is 0 Å². The second-order valence-electron chi connectivity index (χ2n) is 8.37. The van der Waals surface area contributed by atoms with Crippen molar-refractivity contribution in [3.05, 3.63) is 89.5 Å². The zero-order valence-electron chi connectivity index (χ0n) is 19.7. The van der Waals surface area contributed by atoms with Crippen LogP contribution in [0.15, 0.2) is 72.8 Å². The number of rotatable bonds is 6. The van der Waals surface area contributed by atoms with E-state index in [1.54, 1.807) is 18.1 Å². The molecule has 6 heteroatoms. The predicted molar refractivity (Wildman–Crippen MR) is 131 cm³/mol. The van der Waals surface area contributed by atoms with Gasteiger partial charge in [-0.2, -0.15) is 0 Å². The molecule has 0 aromatic heterocycles. The van der Waals surface area contributed by atoms with Gasteiger partial charge in [0, 0.05) is 11.8 Å². The van der Waals surface area contributed by atoms with Crippen molar-refractivity contribution in [3.8, 4) is 11.5 Å². The SMILES string of the molecule is COC(=O)c1ccc2c(c1)CCC(Oc1cccc(OC)c1)CN2C(=O)C(C)c1ccccc1. The molecule has 0 aliphatic carbocycles. The number of aryl methyl sites for hydroxylation is 1. The summed E-state index contributed by atoms with van der Waals surface area (Å²) in [5.41, 5.74) is 3.15. The Morgan fingerprint density at radius 1 is 0.941 bits per heavy atom. The van der Waals surface area contributed by atoms with E-state index in [0.717, 1.165) is 16.8 Å². The summed E-state index contributed by atoms with van der Waals surface area (Å²) in [6, 6.07) is 22.6. The molecule has 3 aromatic carbocycles. The van der Waals surface area contributed by atoms with E-state index in [-0.39, 0.29) is 17.9 Å². The second-order valence-corrected chi connectivity index (χ2v) is 8.37. The van der Waals surface area contributed by atoms with Crippen molar-refractivity contribution < 1.29 is 23.8 Å². The van der Waals surface area contributed by atoms with Gasteiger partial charge in [-0.1, -0.05) is 36.4 Å². The van der Waals surface area contributed by atoms with Crippen molar-refractivity contribution in [1.82, 2.24) is 0 Å². The zero-order valence-corrected chi connectivity index (χ0v) is 19.7. The van der Waals surface area contributed by atoms with Crippen LogP contribution in [0.2, 0.25) is 0 Å². The number of methoxy groups -OCH3 is 2. The molecule has 1 aliphatic rings.